The highest BCUT2D eigenvalue weighted by atomic mass is 35.5. The van der Waals surface area contributed by atoms with E-state index in [4.69, 9.17) is 27.9 Å². The normalized spacial score (nSPS) is 19.1. The molecule has 36 heavy (non-hydrogen) atoms. The average molecular weight is 558 g/mol. The molecule has 2 aliphatic rings. The van der Waals surface area contributed by atoms with Crippen LogP contribution in [0.5, 0.6) is 5.75 Å². The van der Waals surface area contributed by atoms with Crippen molar-refractivity contribution < 1.29 is 22.3 Å². The number of hydrogen-bond acceptors (Lipinski definition) is 5. The largest absolute Gasteiger partial charge is 0.493 e. The van der Waals surface area contributed by atoms with Gasteiger partial charge < -0.3 is 4.74 Å². The molecule has 1 saturated carbocycles. The summed E-state index contributed by atoms with van der Waals surface area (Å²) >= 11 is 12.4. The van der Waals surface area contributed by atoms with Gasteiger partial charge in [0.15, 0.2) is 0 Å². The Morgan fingerprint density at radius 1 is 1.17 bits per heavy atom. The highest BCUT2D eigenvalue weighted by Gasteiger charge is 2.35. The molecule has 1 N–H and O–H groups in total. The van der Waals surface area contributed by atoms with Crippen molar-refractivity contribution in [3.63, 3.8) is 0 Å². The minimum absolute atomic E-state index is 0.0914. The molecule has 10 heteroatoms. The third kappa shape index (κ3) is 6.71. The van der Waals surface area contributed by atoms with Gasteiger partial charge in [-0.3, -0.25) is 9.69 Å². The molecule has 0 bridgehead atoms. The van der Waals surface area contributed by atoms with Crippen molar-refractivity contribution >= 4 is 39.1 Å². The second-order valence-corrected chi connectivity index (χ2v) is 13.0. The fourth-order valence-corrected chi connectivity index (χ4v) is 5.67. The second kappa shape index (κ2) is 10.5. The number of nitrogens with one attached hydrogen (secondary N) is 1. The van der Waals surface area contributed by atoms with Crippen molar-refractivity contribution in [2.24, 2.45) is 5.41 Å². The summed E-state index contributed by atoms with van der Waals surface area (Å²) in [7, 11) is -3.80. The summed E-state index contributed by atoms with van der Waals surface area (Å²) in [5.74, 6) is -1.16. The highest BCUT2D eigenvalue weighted by Crippen LogP contribution is 2.46. The molecule has 1 atom stereocenters. The number of rotatable bonds is 8. The van der Waals surface area contributed by atoms with Crippen LogP contribution in [0.1, 0.15) is 73.0 Å². The predicted molar refractivity (Wildman–Crippen MR) is 140 cm³/mol. The van der Waals surface area contributed by atoms with Crippen LogP contribution < -0.4 is 9.46 Å². The number of nitrogens with zero attached hydrogens (tertiary/aromatic N) is 1. The van der Waals surface area contributed by atoms with Crippen LogP contribution in [0.2, 0.25) is 10.0 Å². The number of carbonyl (C=O) groups is 1. The summed E-state index contributed by atoms with van der Waals surface area (Å²) in [6, 6.07) is 8.45. The van der Waals surface area contributed by atoms with Crippen LogP contribution in [0.25, 0.3) is 0 Å². The zero-order chi connectivity index (χ0) is 26.3. The number of likely N-dealkylation sites (tertiary alicyclic amines) is 1. The number of ether oxygens (including phenoxy) is 1. The maximum atomic E-state index is 14.8. The second-order valence-electron chi connectivity index (χ2n) is 10.4. The number of amides is 1. The standard InChI is InChI=1S/C26H31Cl2FN2O4S/c1-16(18-10-19(27)12-20(28)11-18)31-8-6-26(2,7-9-31)15-35-24-14-23(29)22(13-21(24)17-4-5-17)25(32)30-36(3,33)34/h10-14,16-17H,4-9,15H2,1-3H3,(H,30,32)/t16-/m0/s1. The van der Waals surface area contributed by atoms with Gasteiger partial charge in [-0.1, -0.05) is 30.1 Å². The van der Waals surface area contributed by atoms with E-state index in [2.05, 4.69) is 18.7 Å². The van der Waals surface area contributed by atoms with Gasteiger partial charge in [-0.05, 0) is 87.0 Å². The molecule has 1 saturated heterocycles. The number of benzene rings is 2. The molecule has 6 nitrogen and oxygen atoms in total. The molecule has 2 aromatic carbocycles. The first-order valence-electron chi connectivity index (χ1n) is 12.0. The lowest BCUT2D eigenvalue weighted by Crippen LogP contribution is -2.42. The number of hydrogen-bond donors (Lipinski definition) is 1. The van der Waals surface area contributed by atoms with Gasteiger partial charge in [0.2, 0.25) is 10.0 Å². The molecule has 1 aliphatic heterocycles. The number of carbonyl (C=O) groups excluding carboxylic acids is 1. The van der Waals surface area contributed by atoms with Crippen LogP contribution in [0.3, 0.4) is 0 Å². The zero-order valence-electron chi connectivity index (χ0n) is 20.6. The smallest absolute Gasteiger partial charge is 0.267 e. The summed E-state index contributed by atoms with van der Waals surface area (Å²) in [6.07, 6.45) is 4.52. The Morgan fingerprint density at radius 3 is 2.33 bits per heavy atom. The summed E-state index contributed by atoms with van der Waals surface area (Å²) in [5, 5.41) is 1.25. The van der Waals surface area contributed by atoms with Crippen molar-refractivity contribution in [1.29, 1.82) is 0 Å². The van der Waals surface area contributed by atoms with E-state index in [0.29, 0.717) is 22.4 Å². The van der Waals surface area contributed by atoms with Crippen LogP contribution >= 0.6 is 23.2 Å². The fraction of sp³-hybridized carbons (Fsp3) is 0.500. The SMILES string of the molecule is C[C@@H](c1cc(Cl)cc(Cl)c1)N1CCC(C)(COc2cc(F)c(C(=O)NS(C)(=O)=O)cc2C2CC2)CC1. The molecule has 1 aliphatic carbocycles. The van der Waals surface area contributed by atoms with Gasteiger partial charge in [0.05, 0.1) is 18.4 Å². The highest BCUT2D eigenvalue weighted by molar-refractivity contribution is 7.89. The van der Waals surface area contributed by atoms with Crippen molar-refractivity contribution in [2.45, 2.75) is 51.5 Å². The molecule has 196 valence electrons. The quantitative estimate of drug-likeness (QED) is 0.435. The Labute approximate surface area is 222 Å². The summed E-state index contributed by atoms with van der Waals surface area (Å²) in [5.41, 5.74) is 1.45. The summed E-state index contributed by atoms with van der Waals surface area (Å²) in [4.78, 5) is 14.7. The molecule has 1 amide bonds. The van der Waals surface area contributed by atoms with Crippen molar-refractivity contribution in [1.82, 2.24) is 9.62 Å². The van der Waals surface area contributed by atoms with E-state index in [0.717, 1.165) is 56.2 Å². The van der Waals surface area contributed by atoms with Gasteiger partial charge in [0.1, 0.15) is 11.6 Å². The first-order valence-corrected chi connectivity index (χ1v) is 14.7. The lowest BCUT2D eigenvalue weighted by atomic mass is 9.80. The van der Waals surface area contributed by atoms with E-state index in [9.17, 15) is 17.6 Å². The fourth-order valence-electron chi connectivity index (χ4n) is 4.68. The van der Waals surface area contributed by atoms with Gasteiger partial charge in [-0.2, -0.15) is 0 Å². The molecule has 1 heterocycles. The monoisotopic (exact) mass is 556 g/mol. The third-order valence-electron chi connectivity index (χ3n) is 7.14. The first kappa shape index (κ1) is 27.2. The lowest BCUT2D eigenvalue weighted by Gasteiger charge is -2.42. The maximum absolute atomic E-state index is 14.8. The molecule has 4 rings (SSSR count). The van der Waals surface area contributed by atoms with Crippen molar-refractivity contribution in [3.05, 3.63) is 62.9 Å². The predicted octanol–water partition coefficient (Wildman–Crippen LogP) is 5.94. The maximum Gasteiger partial charge on any atom is 0.267 e. The van der Waals surface area contributed by atoms with E-state index in [1.807, 2.05) is 16.9 Å². The Morgan fingerprint density at radius 2 is 1.78 bits per heavy atom. The zero-order valence-corrected chi connectivity index (χ0v) is 22.9. The van der Waals surface area contributed by atoms with Gasteiger partial charge in [0, 0.05) is 27.6 Å². The number of halogens is 3. The van der Waals surface area contributed by atoms with Gasteiger partial charge in [0.25, 0.3) is 5.91 Å². The molecule has 0 radical (unpaired) electrons. The van der Waals surface area contributed by atoms with E-state index in [1.165, 1.54) is 12.1 Å². The first-order chi connectivity index (χ1) is 16.8. The Bertz CT molecular complexity index is 1240. The Balaban J connectivity index is 1.42. The van der Waals surface area contributed by atoms with E-state index in [-0.39, 0.29) is 22.9 Å². The van der Waals surface area contributed by atoms with Gasteiger partial charge >= 0.3 is 0 Å². The molecule has 0 unspecified atom stereocenters. The molecular formula is C26H31Cl2FN2O4S. The minimum atomic E-state index is -3.80. The van der Waals surface area contributed by atoms with E-state index >= 15 is 0 Å². The molecule has 0 aromatic heterocycles. The number of sulfonamides is 1. The van der Waals surface area contributed by atoms with Gasteiger partial charge in [-0.15, -0.1) is 0 Å². The lowest BCUT2D eigenvalue weighted by molar-refractivity contribution is 0.0510. The van der Waals surface area contributed by atoms with E-state index < -0.39 is 21.7 Å². The van der Waals surface area contributed by atoms with Crippen LogP contribution in [0, 0.1) is 11.2 Å². The van der Waals surface area contributed by atoms with Crippen LogP contribution in [0.15, 0.2) is 30.3 Å². The molecular weight excluding hydrogens is 526 g/mol. The molecule has 2 fully saturated rings. The van der Waals surface area contributed by atoms with Gasteiger partial charge in [-0.25, -0.2) is 17.5 Å². The topological polar surface area (TPSA) is 75.7 Å². The third-order valence-corrected chi connectivity index (χ3v) is 8.13. The van der Waals surface area contributed by atoms with Crippen molar-refractivity contribution in [2.75, 3.05) is 26.0 Å². The van der Waals surface area contributed by atoms with Crippen LogP contribution in [-0.4, -0.2) is 45.2 Å². The Kier molecular flexibility index (Phi) is 7.91. The number of piperidine rings is 1. The minimum Gasteiger partial charge on any atom is -0.493 e. The van der Waals surface area contributed by atoms with E-state index in [1.54, 1.807) is 6.07 Å². The average Bonchev–Trinajstić information content (AvgIpc) is 3.61. The van der Waals surface area contributed by atoms with Crippen LogP contribution in [0.4, 0.5) is 4.39 Å². The molecule has 0 spiro atoms. The Hall–Kier alpha value is -1.87. The van der Waals surface area contributed by atoms with Crippen LogP contribution in [-0.2, 0) is 10.0 Å². The van der Waals surface area contributed by atoms with Crippen molar-refractivity contribution in [3.8, 4) is 5.75 Å². The molecule has 2 aromatic rings. The summed E-state index contributed by atoms with van der Waals surface area (Å²) in [6.45, 7) is 6.49. The summed E-state index contributed by atoms with van der Waals surface area (Å²) < 4.78 is 45.6.